The number of quaternary nitrogens is 2. The Morgan fingerprint density at radius 3 is 0.712 bits per heavy atom. The molecule has 372 valence electrons. The monoisotopic (exact) mass is 915 g/mol. The summed E-state index contributed by atoms with van der Waals surface area (Å²) in [7, 11) is 8.75. The first-order chi connectivity index (χ1) is 31.9. The molecule has 0 spiro atoms. The largest absolute Gasteiger partial charge is 0.327 e. The lowest BCUT2D eigenvalue weighted by molar-refractivity contribution is -0.889. The molecule has 8 heteroatoms. The minimum absolute atomic E-state index is 0.326. The van der Waals surface area contributed by atoms with Gasteiger partial charge in [-0.1, -0.05) is 194 Å². The summed E-state index contributed by atoms with van der Waals surface area (Å²) in [6, 6.07) is 6.80. The Balaban J connectivity index is 1.13. The molecule has 2 aromatic carbocycles. The molecule has 0 saturated carbocycles. The van der Waals surface area contributed by atoms with Crippen LogP contribution in [0.25, 0.3) is 10.8 Å². The van der Waals surface area contributed by atoms with E-state index in [1.165, 1.54) is 202 Å². The maximum Gasteiger partial charge on any atom is 0.261 e. The molecule has 0 unspecified atom stereocenters. The number of imide groups is 2. The van der Waals surface area contributed by atoms with Crippen molar-refractivity contribution in [1.82, 2.24) is 9.80 Å². The number of amides is 4. The lowest BCUT2D eigenvalue weighted by Crippen LogP contribution is -2.51. The van der Waals surface area contributed by atoms with E-state index in [0.29, 0.717) is 59.2 Å². The van der Waals surface area contributed by atoms with Gasteiger partial charge in [-0.25, -0.2) is 0 Å². The summed E-state index contributed by atoms with van der Waals surface area (Å²) in [4.78, 5) is 58.7. The van der Waals surface area contributed by atoms with Gasteiger partial charge in [-0.05, 0) is 49.9 Å². The minimum atomic E-state index is -0.339. The lowest BCUT2D eigenvalue weighted by atomic mass is 9.86. The predicted octanol–water partition coefficient (Wildman–Crippen LogP) is 14.7. The van der Waals surface area contributed by atoms with Gasteiger partial charge in [0.25, 0.3) is 23.6 Å². The van der Waals surface area contributed by atoms with Crippen LogP contribution in [-0.4, -0.2) is 110 Å². The van der Waals surface area contributed by atoms with Crippen LogP contribution in [0.3, 0.4) is 0 Å². The molecule has 0 radical (unpaired) electrons. The highest BCUT2D eigenvalue weighted by atomic mass is 16.2. The maximum atomic E-state index is 14.0. The molecule has 2 heterocycles. The fourth-order valence-electron chi connectivity index (χ4n) is 10.5. The summed E-state index contributed by atoms with van der Waals surface area (Å²) in [6.07, 6.45) is 43.2. The van der Waals surface area contributed by atoms with Crippen molar-refractivity contribution >= 4 is 34.4 Å². The molecule has 0 fully saturated rings. The third kappa shape index (κ3) is 18.4. The van der Waals surface area contributed by atoms with Crippen molar-refractivity contribution in [3.63, 3.8) is 0 Å². The zero-order valence-electron chi connectivity index (χ0n) is 43.6. The van der Waals surface area contributed by atoms with Gasteiger partial charge in [0.15, 0.2) is 0 Å². The molecule has 0 bridgehead atoms. The highest BCUT2D eigenvalue weighted by molar-refractivity contribution is 6.33. The van der Waals surface area contributed by atoms with E-state index in [4.69, 9.17) is 0 Å². The van der Waals surface area contributed by atoms with Crippen LogP contribution in [0.5, 0.6) is 0 Å². The number of unbranched alkanes of at least 4 members (excludes halogenated alkanes) is 30. The number of nitrogens with zero attached hydrogens (tertiary/aromatic N) is 4. The molecular weight excluding hydrogens is 817 g/mol. The molecular formula is C58H98N4O4+2. The molecule has 0 aromatic heterocycles. The highest BCUT2D eigenvalue weighted by Gasteiger charge is 2.40. The van der Waals surface area contributed by atoms with Gasteiger partial charge in [0.05, 0.1) is 67.5 Å². The molecule has 66 heavy (non-hydrogen) atoms. The molecule has 2 aliphatic heterocycles. The Morgan fingerprint density at radius 1 is 0.303 bits per heavy atom. The quantitative estimate of drug-likeness (QED) is 0.0379. The van der Waals surface area contributed by atoms with Crippen molar-refractivity contribution in [2.45, 2.75) is 219 Å². The predicted molar refractivity (Wildman–Crippen MR) is 277 cm³/mol. The molecule has 2 aliphatic rings. The fraction of sp³-hybridized carbons (Fsp3) is 0.759. The van der Waals surface area contributed by atoms with Crippen LogP contribution in [0.15, 0.2) is 24.3 Å². The number of likely N-dealkylation sites (N-methyl/N-ethyl adjacent to an activating group) is 2. The van der Waals surface area contributed by atoms with Gasteiger partial charge in [0, 0.05) is 33.0 Å². The van der Waals surface area contributed by atoms with E-state index in [1.807, 2.05) is 0 Å². The first-order valence-electron chi connectivity index (χ1n) is 27.9. The Bertz CT molecular complexity index is 1570. The van der Waals surface area contributed by atoms with E-state index in [9.17, 15) is 19.2 Å². The van der Waals surface area contributed by atoms with Crippen molar-refractivity contribution in [3.05, 3.63) is 46.5 Å². The summed E-state index contributed by atoms with van der Waals surface area (Å²) < 4.78 is 1.48. The van der Waals surface area contributed by atoms with Crippen molar-refractivity contribution < 1.29 is 28.1 Å². The summed E-state index contributed by atoms with van der Waals surface area (Å²) >= 11 is 0. The Hall–Kier alpha value is -3.10. The summed E-state index contributed by atoms with van der Waals surface area (Å²) in [6.45, 7) is 8.57. The first-order valence-corrected chi connectivity index (χ1v) is 27.9. The standard InChI is InChI=1S/C58H98N4O4/c1-7-9-11-13-15-17-19-21-23-25-27-29-31-33-35-37-45-61(3,4)47-43-59-55(63)49-39-41-51-54-52(42-40-50(53(49)54)56(59)64)58(66)60(57(51)65)44-48-62(5,6)46-38-36-34-32-30-28-26-24-22-20-18-16-14-12-10-8-2/h39-42H,7-38,43-48H2,1-6H3/q+2. The van der Waals surface area contributed by atoms with Gasteiger partial charge in [0.2, 0.25) is 0 Å². The molecule has 4 amide bonds. The number of rotatable bonds is 40. The van der Waals surface area contributed by atoms with Crippen LogP contribution >= 0.6 is 0 Å². The average molecular weight is 915 g/mol. The molecule has 0 saturated heterocycles. The van der Waals surface area contributed by atoms with Crippen LogP contribution < -0.4 is 0 Å². The number of hydrogen-bond acceptors (Lipinski definition) is 4. The highest BCUT2D eigenvalue weighted by Crippen LogP contribution is 2.38. The zero-order valence-corrected chi connectivity index (χ0v) is 43.6. The topological polar surface area (TPSA) is 74.8 Å². The van der Waals surface area contributed by atoms with Gasteiger partial charge in [-0.3, -0.25) is 29.0 Å². The third-order valence-electron chi connectivity index (χ3n) is 15.2. The number of benzene rings is 2. The van der Waals surface area contributed by atoms with Gasteiger partial charge in [-0.15, -0.1) is 0 Å². The number of hydrogen-bond donors (Lipinski definition) is 0. The normalized spacial score (nSPS) is 14.2. The Morgan fingerprint density at radius 2 is 0.500 bits per heavy atom. The van der Waals surface area contributed by atoms with E-state index in [1.54, 1.807) is 24.3 Å². The summed E-state index contributed by atoms with van der Waals surface area (Å²) in [5.74, 6) is -1.36. The van der Waals surface area contributed by atoms with Crippen molar-refractivity contribution in [1.29, 1.82) is 0 Å². The minimum Gasteiger partial charge on any atom is -0.327 e. The molecule has 0 N–H and O–H groups in total. The van der Waals surface area contributed by atoms with Crippen LogP contribution in [0.1, 0.15) is 261 Å². The molecule has 2 aromatic rings. The van der Waals surface area contributed by atoms with E-state index in [0.717, 1.165) is 34.9 Å². The van der Waals surface area contributed by atoms with E-state index < -0.39 is 0 Å². The first kappa shape index (κ1) is 55.5. The molecule has 0 aliphatic carbocycles. The average Bonchev–Trinajstić information content (AvgIpc) is 3.29. The second-order valence-corrected chi connectivity index (χ2v) is 22.0. The van der Waals surface area contributed by atoms with Crippen molar-refractivity contribution in [2.75, 3.05) is 67.5 Å². The Kier molecular flexibility index (Phi) is 25.6. The number of carbonyl (C=O) groups is 4. The summed E-state index contributed by atoms with van der Waals surface area (Å²) in [5.41, 5.74) is 1.61. The van der Waals surface area contributed by atoms with Gasteiger partial charge < -0.3 is 8.97 Å². The van der Waals surface area contributed by atoms with Gasteiger partial charge in [-0.2, -0.15) is 0 Å². The number of carbonyl (C=O) groups excluding carboxylic acids is 4. The lowest BCUT2D eigenvalue weighted by Gasteiger charge is -2.35. The zero-order chi connectivity index (χ0) is 47.6. The van der Waals surface area contributed by atoms with Crippen molar-refractivity contribution in [2.24, 2.45) is 0 Å². The molecule has 0 atom stereocenters. The van der Waals surface area contributed by atoms with Crippen LogP contribution in [-0.2, 0) is 0 Å². The second-order valence-electron chi connectivity index (χ2n) is 22.0. The maximum absolute atomic E-state index is 14.0. The van der Waals surface area contributed by atoms with Crippen LogP contribution in [0, 0.1) is 0 Å². The van der Waals surface area contributed by atoms with Crippen LogP contribution in [0.4, 0.5) is 0 Å². The van der Waals surface area contributed by atoms with E-state index >= 15 is 0 Å². The summed E-state index contributed by atoms with van der Waals surface area (Å²) in [5, 5.41) is 0.915. The van der Waals surface area contributed by atoms with Gasteiger partial charge in [0.1, 0.15) is 0 Å². The van der Waals surface area contributed by atoms with Crippen LogP contribution in [0.2, 0.25) is 0 Å². The Labute approximate surface area is 404 Å². The SMILES string of the molecule is CCCCCCCCCCCCCCCCCC[N+](C)(C)CCN1C(=O)c2ccc3c4c(ccc(c24)C1=O)C(=O)N(CC[N+](C)(C)CCCCCCCCCCCCCCCCCC)C3=O. The van der Waals surface area contributed by atoms with E-state index in [-0.39, 0.29) is 23.6 Å². The third-order valence-corrected chi connectivity index (χ3v) is 15.2. The fourth-order valence-corrected chi connectivity index (χ4v) is 10.5. The van der Waals surface area contributed by atoms with Crippen molar-refractivity contribution in [3.8, 4) is 0 Å². The molecule has 8 nitrogen and oxygen atoms in total. The second kappa shape index (κ2) is 30.4. The van der Waals surface area contributed by atoms with E-state index in [2.05, 4.69) is 42.0 Å². The molecule has 4 rings (SSSR count). The van der Waals surface area contributed by atoms with Gasteiger partial charge >= 0.3 is 0 Å². The smallest absolute Gasteiger partial charge is 0.261 e.